The molecule has 0 saturated carbocycles. The smallest absolute Gasteiger partial charge is 0.242 e. The molecule has 1 aliphatic rings. The van der Waals surface area contributed by atoms with Crippen molar-refractivity contribution >= 4 is 56.0 Å². The van der Waals surface area contributed by atoms with Gasteiger partial charge in [-0.1, -0.05) is 42.1 Å². The number of nitrogens with one attached hydrogen (secondary N) is 1. The van der Waals surface area contributed by atoms with Gasteiger partial charge in [-0.2, -0.15) is 0 Å². The molecule has 0 aromatic heterocycles. The molecule has 2 aromatic rings. The van der Waals surface area contributed by atoms with E-state index < -0.39 is 5.25 Å². The second-order valence-electron chi connectivity index (χ2n) is 6.31. The second-order valence-corrected chi connectivity index (χ2v) is 8.33. The largest absolute Gasteiger partial charge is 0.325 e. The number of nitrogens with zero attached hydrogens (tertiary/aromatic N) is 2. The Hall–Kier alpha value is -2.38. The van der Waals surface area contributed by atoms with Gasteiger partial charge < -0.3 is 5.32 Å². The maximum atomic E-state index is 12.8. The molecule has 1 saturated heterocycles. The predicted molar refractivity (Wildman–Crippen MR) is 119 cm³/mol. The van der Waals surface area contributed by atoms with E-state index in [2.05, 4.69) is 32.8 Å². The number of aryl methyl sites for hydroxylation is 1. The molecule has 1 unspecified atom stereocenters. The number of hydrogen-bond donors (Lipinski definition) is 1. The van der Waals surface area contributed by atoms with E-state index in [0.29, 0.717) is 17.4 Å². The lowest BCUT2D eigenvalue weighted by Gasteiger charge is -2.14. The van der Waals surface area contributed by atoms with Gasteiger partial charge in [-0.05, 0) is 52.7 Å². The summed E-state index contributed by atoms with van der Waals surface area (Å²) < 4.78 is 0.795. The molecular formula is C21H20BrN3O2S. The van der Waals surface area contributed by atoms with Gasteiger partial charge in [0.2, 0.25) is 11.8 Å². The van der Waals surface area contributed by atoms with Crippen molar-refractivity contribution in [3.63, 3.8) is 0 Å². The first kappa shape index (κ1) is 20.4. The Morgan fingerprint density at radius 3 is 2.82 bits per heavy atom. The summed E-state index contributed by atoms with van der Waals surface area (Å²) >= 11 is 4.72. The van der Waals surface area contributed by atoms with Crippen LogP contribution in [0.4, 0.5) is 11.4 Å². The number of thioether (sulfide) groups is 1. The van der Waals surface area contributed by atoms with Crippen LogP contribution in [0.5, 0.6) is 0 Å². The molecule has 0 radical (unpaired) electrons. The molecule has 28 heavy (non-hydrogen) atoms. The number of rotatable bonds is 6. The number of carbonyl (C=O) groups is 2. The summed E-state index contributed by atoms with van der Waals surface area (Å²) in [6.07, 6.45) is 1.74. The van der Waals surface area contributed by atoms with E-state index in [1.54, 1.807) is 17.0 Å². The van der Waals surface area contributed by atoms with Crippen molar-refractivity contribution in [2.45, 2.75) is 18.6 Å². The first-order valence-corrected chi connectivity index (χ1v) is 10.4. The standard InChI is InChI=1S/C21H20BrN3O2S/c1-3-11-25-20(27)18(13-19(26)24-17-10-5-4-9-16(17)22)28-21(25)23-15-8-6-7-14(2)12-15/h3-10,12,18H,1,11,13H2,2H3,(H,24,26). The fraction of sp³-hybridized carbons (Fsp3) is 0.190. The fourth-order valence-corrected chi connectivity index (χ4v) is 4.31. The molecule has 1 N–H and O–H groups in total. The topological polar surface area (TPSA) is 61.8 Å². The zero-order valence-corrected chi connectivity index (χ0v) is 17.8. The van der Waals surface area contributed by atoms with Crippen LogP contribution < -0.4 is 5.32 Å². The van der Waals surface area contributed by atoms with Crippen molar-refractivity contribution in [3.05, 3.63) is 71.2 Å². The molecular weight excluding hydrogens is 438 g/mol. The molecule has 7 heteroatoms. The molecule has 1 fully saturated rings. The lowest BCUT2D eigenvalue weighted by Crippen LogP contribution is -2.33. The molecule has 1 heterocycles. The van der Waals surface area contributed by atoms with Gasteiger partial charge in [-0.3, -0.25) is 14.5 Å². The van der Waals surface area contributed by atoms with E-state index in [0.717, 1.165) is 15.7 Å². The quantitative estimate of drug-likeness (QED) is 0.627. The number of hydrogen-bond acceptors (Lipinski definition) is 4. The molecule has 5 nitrogen and oxygen atoms in total. The van der Waals surface area contributed by atoms with Gasteiger partial charge in [0.15, 0.2) is 5.17 Å². The minimum absolute atomic E-state index is 0.0747. The number of amides is 2. The van der Waals surface area contributed by atoms with Gasteiger partial charge in [-0.25, -0.2) is 4.99 Å². The highest BCUT2D eigenvalue weighted by Crippen LogP contribution is 2.32. The number of benzene rings is 2. The summed E-state index contributed by atoms with van der Waals surface area (Å²) in [5.41, 5.74) is 2.55. The van der Waals surface area contributed by atoms with Crippen molar-refractivity contribution in [1.82, 2.24) is 4.90 Å². The number of carbonyl (C=O) groups excluding carboxylic acids is 2. The minimum Gasteiger partial charge on any atom is -0.325 e. The average molecular weight is 458 g/mol. The van der Waals surface area contributed by atoms with Crippen LogP contribution in [-0.2, 0) is 9.59 Å². The van der Waals surface area contributed by atoms with Crippen LogP contribution in [0.3, 0.4) is 0 Å². The van der Waals surface area contributed by atoms with Crippen LogP contribution >= 0.6 is 27.7 Å². The molecule has 1 aliphatic heterocycles. The summed E-state index contributed by atoms with van der Waals surface area (Å²) in [6, 6.07) is 15.1. The Morgan fingerprint density at radius 2 is 2.11 bits per heavy atom. The van der Waals surface area contributed by atoms with Crippen molar-refractivity contribution in [1.29, 1.82) is 0 Å². The Kier molecular flexibility index (Phi) is 6.70. The van der Waals surface area contributed by atoms with E-state index >= 15 is 0 Å². The number of para-hydroxylation sites is 1. The van der Waals surface area contributed by atoms with Gasteiger partial charge in [0, 0.05) is 17.4 Å². The van der Waals surface area contributed by atoms with Crippen LogP contribution in [0.1, 0.15) is 12.0 Å². The predicted octanol–water partition coefficient (Wildman–Crippen LogP) is 4.90. The Balaban J connectivity index is 1.75. The molecule has 0 bridgehead atoms. The molecule has 144 valence electrons. The molecule has 1 atom stereocenters. The highest BCUT2D eigenvalue weighted by Gasteiger charge is 2.38. The fourth-order valence-electron chi connectivity index (χ4n) is 2.76. The SMILES string of the molecule is C=CCN1C(=O)C(CC(=O)Nc2ccccc2Br)SC1=Nc1cccc(C)c1. The number of halogens is 1. The molecule has 2 aromatic carbocycles. The van der Waals surface area contributed by atoms with E-state index in [1.165, 1.54) is 11.8 Å². The van der Waals surface area contributed by atoms with Gasteiger partial charge in [-0.15, -0.1) is 6.58 Å². The average Bonchev–Trinajstić information content (AvgIpc) is 2.93. The summed E-state index contributed by atoms with van der Waals surface area (Å²) in [5.74, 6) is -0.341. The lowest BCUT2D eigenvalue weighted by atomic mass is 10.2. The van der Waals surface area contributed by atoms with Gasteiger partial charge in [0.25, 0.3) is 0 Å². The minimum atomic E-state index is -0.508. The Morgan fingerprint density at radius 1 is 1.32 bits per heavy atom. The normalized spacial score (nSPS) is 17.8. The Bertz CT molecular complexity index is 945. The van der Waals surface area contributed by atoms with Crippen LogP contribution in [-0.4, -0.2) is 33.7 Å². The Labute approximate surface area is 177 Å². The van der Waals surface area contributed by atoms with E-state index in [9.17, 15) is 9.59 Å². The first-order valence-electron chi connectivity index (χ1n) is 8.76. The molecule has 2 amide bonds. The van der Waals surface area contributed by atoms with Crippen LogP contribution in [0.25, 0.3) is 0 Å². The van der Waals surface area contributed by atoms with Gasteiger partial charge in [0.1, 0.15) is 5.25 Å². The van der Waals surface area contributed by atoms with Crippen molar-refractivity contribution in [2.24, 2.45) is 4.99 Å². The van der Waals surface area contributed by atoms with Crippen LogP contribution in [0.15, 0.2) is 70.7 Å². The summed E-state index contributed by atoms with van der Waals surface area (Å²) in [6.45, 7) is 6.08. The second kappa shape index (κ2) is 9.21. The third-order valence-corrected chi connectivity index (χ3v) is 5.94. The zero-order valence-electron chi connectivity index (χ0n) is 15.4. The maximum Gasteiger partial charge on any atom is 0.242 e. The first-order chi connectivity index (χ1) is 13.5. The van der Waals surface area contributed by atoms with E-state index in [1.807, 2.05) is 49.4 Å². The van der Waals surface area contributed by atoms with E-state index in [4.69, 9.17) is 0 Å². The monoisotopic (exact) mass is 457 g/mol. The van der Waals surface area contributed by atoms with Crippen molar-refractivity contribution < 1.29 is 9.59 Å². The van der Waals surface area contributed by atoms with Crippen LogP contribution in [0.2, 0.25) is 0 Å². The molecule has 3 rings (SSSR count). The zero-order chi connectivity index (χ0) is 20.1. The highest BCUT2D eigenvalue weighted by molar-refractivity contribution is 9.10. The van der Waals surface area contributed by atoms with Crippen molar-refractivity contribution in [2.75, 3.05) is 11.9 Å². The summed E-state index contributed by atoms with van der Waals surface area (Å²) in [4.78, 5) is 31.5. The highest BCUT2D eigenvalue weighted by atomic mass is 79.9. The third kappa shape index (κ3) is 4.91. The van der Waals surface area contributed by atoms with Crippen molar-refractivity contribution in [3.8, 4) is 0 Å². The molecule has 0 spiro atoms. The third-order valence-electron chi connectivity index (χ3n) is 4.08. The number of anilines is 1. The summed E-state index contributed by atoms with van der Waals surface area (Å²) in [7, 11) is 0. The van der Waals surface area contributed by atoms with Gasteiger partial charge >= 0.3 is 0 Å². The number of aliphatic imine (C=N–C) groups is 1. The summed E-state index contributed by atoms with van der Waals surface area (Å²) in [5, 5.41) is 2.93. The lowest BCUT2D eigenvalue weighted by molar-refractivity contribution is -0.127. The number of amidine groups is 1. The van der Waals surface area contributed by atoms with E-state index in [-0.39, 0.29) is 18.2 Å². The molecule has 0 aliphatic carbocycles. The van der Waals surface area contributed by atoms with Crippen LogP contribution in [0, 0.1) is 6.92 Å². The maximum absolute atomic E-state index is 12.8. The van der Waals surface area contributed by atoms with Gasteiger partial charge in [0.05, 0.1) is 11.4 Å².